The van der Waals surface area contributed by atoms with Gasteiger partial charge in [0.05, 0.1) is 5.56 Å². The Morgan fingerprint density at radius 2 is 2.05 bits per heavy atom. The Bertz CT molecular complexity index is 658. The van der Waals surface area contributed by atoms with Crippen LogP contribution in [0.3, 0.4) is 0 Å². The average Bonchev–Trinajstić information content (AvgIpc) is 2.41. The number of aryl methyl sites for hydroxylation is 1. The van der Waals surface area contributed by atoms with E-state index in [4.69, 9.17) is 5.11 Å². The molecule has 5 heteroatoms. The predicted octanol–water partition coefficient (Wildman–Crippen LogP) is 4.21. The summed E-state index contributed by atoms with van der Waals surface area (Å²) in [5.41, 5.74) is 2.32. The highest BCUT2D eigenvalue weighted by molar-refractivity contribution is 9.10. The average molecular weight is 338 g/mol. The summed E-state index contributed by atoms with van der Waals surface area (Å²) in [6, 6.07) is 9.48. The molecule has 0 fully saturated rings. The van der Waals surface area contributed by atoms with Crippen LogP contribution in [-0.2, 0) is 6.54 Å². The van der Waals surface area contributed by atoms with Crippen LogP contribution < -0.4 is 5.32 Å². The number of carbonyl (C=O) groups is 1. The van der Waals surface area contributed by atoms with E-state index in [9.17, 15) is 9.18 Å². The van der Waals surface area contributed by atoms with E-state index in [1.807, 2.05) is 25.1 Å². The Balaban J connectivity index is 2.15. The van der Waals surface area contributed by atoms with E-state index < -0.39 is 11.8 Å². The van der Waals surface area contributed by atoms with Crippen LogP contribution in [0.4, 0.5) is 10.1 Å². The number of benzene rings is 2. The lowest BCUT2D eigenvalue weighted by Crippen LogP contribution is -2.05. The number of halogens is 2. The Morgan fingerprint density at radius 3 is 2.70 bits per heavy atom. The van der Waals surface area contributed by atoms with Crippen LogP contribution in [0.5, 0.6) is 0 Å². The second-order valence-electron chi connectivity index (χ2n) is 4.43. The third-order valence-corrected chi connectivity index (χ3v) is 3.82. The molecule has 0 saturated carbocycles. The summed E-state index contributed by atoms with van der Waals surface area (Å²) in [6.45, 7) is 2.19. The molecule has 0 unspecified atom stereocenters. The molecule has 0 aliphatic carbocycles. The van der Waals surface area contributed by atoms with Crippen LogP contribution in [0.15, 0.2) is 40.9 Å². The molecule has 0 radical (unpaired) electrons. The van der Waals surface area contributed by atoms with E-state index in [2.05, 4.69) is 21.2 Å². The molecular weight excluding hydrogens is 325 g/mol. The lowest BCUT2D eigenvalue weighted by Gasteiger charge is -2.09. The third kappa shape index (κ3) is 3.36. The molecule has 2 rings (SSSR count). The van der Waals surface area contributed by atoms with Crippen LogP contribution in [-0.4, -0.2) is 11.1 Å². The second-order valence-corrected chi connectivity index (χ2v) is 5.28. The van der Waals surface area contributed by atoms with E-state index in [1.54, 1.807) is 0 Å². The first-order chi connectivity index (χ1) is 9.47. The van der Waals surface area contributed by atoms with Crippen LogP contribution in [0, 0.1) is 12.7 Å². The van der Waals surface area contributed by atoms with Gasteiger partial charge in [-0.25, -0.2) is 9.18 Å². The van der Waals surface area contributed by atoms with Gasteiger partial charge in [0.15, 0.2) is 0 Å². The second kappa shape index (κ2) is 6.05. The molecule has 0 saturated heterocycles. The van der Waals surface area contributed by atoms with Crippen molar-refractivity contribution in [3.8, 4) is 0 Å². The molecule has 20 heavy (non-hydrogen) atoms. The fourth-order valence-electron chi connectivity index (χ4n) is 1.80. The fourth-order valence-corrected chi connectivity index (χ4v) is 2.04. The first-order valence-corrected chi connectivity index (χ1v) is 6.78. The van der Waals surface area contributed by atoms with Crippen molar-refractivity contribution in [2.45, 2.75) is 13.5 Å². The minimum atomic E-state index is -1.06. The number of hydrogen-bond acceptors (Lipinski definition) is 2. The Kier molecular flexibility index (Phi) is 4.39. The molecule has 0 atom stereocenters. The molecule has 0 spiro atoms. The van der Waals surface area contributed by atoms with Crippen molar-refractivity contribution in [3.63, 3.8) is 0 Å². The van der Waals surface area contributed by atoms with Crippen LogP contribution in [0.2, 0.25) is 0 Å². The predicted molar refractivity (Wildman–Crippen MR) is 79.6 cm³/mol. The van der Waals surface area contributed by atoms with E-state index in [0.717, 1.165) is 15.7 Å². The quantitative estimate of drug-likeness (QED) is 0.878. The van der Waals surface area contributed by atoms with Crippen LogP contribution >= 0.6 is 15.9 Å². The first-order valence-electron chi connectivity index (χ1n) is 5.99. The largest absolute Gasteiger partial charge is 0.478 e. The molecule has 0 aliphatic rings. The van der Waals surface area contributed by atoms with Gasteiger partial charge in [-0.15, -0.1) is 0 Å². The summed E-state index contributed by atoms with van der Waals surface area (Å²) < 4.78 is 14.6. The molecule has 0 amide bonds. The normalized spacial score (nSPS) is 10.3. The maximum atomic E-state index is 13.6. The molecule has 2 aromatic carbocycles. The summed E-state index contributed by atoms with van der Waals surface area (Å²) in [4.78, 5) is 10.9. The molecule has 2 aromatic rings. The fraction of sp³-hybridized carbons (Fsp3) is 0.133. The standard InChI is InChI=1S/C15H13BrFNO2/c1-9-6-12(3-4-13(9)16)18-8-11-7-10(15(19)20)2-5-14(11)17/h2-7,18H,8H2,1H3,(H,19,20). The van der Waals surface area contributed by atoms with Gasteiger partial charge in [-0.2, -0.15) is 0 Å². The summed E-state index contributed by atoms with van der Waals surface area (Å²) in [5.74, 6) is -1.48. The number of nitrogens with one attached hydrogen (secondary N) is 1. The summed E-state index contributed by atoms with van der Waals surface area (Å²) in [5, 5.41) is 12.0. The van der Waals surface area contributed by atoms with E-state index in [0.29, 0.717) is 5.56 Å². The summed E-state index contributed by atoms with van der Waals surface area (Å²) in [6.07, 6.45) is 0. The van der Waals surface area contributed by atoms with Crippen molar-refractivity contribution >= 4 is 27.6 Å². The molecule has 0 heterocycles. The zero-order chi connectivity index (χ0) is 14.7. The highest BCUT2D eigenvalue weighted by Gasteiger charge is 2.08. The number of carboxylic acids is 1. The smallest absolute Gasteiger partial charge is 0.335 e. The zero-order valence-corrected chi connectivity index (χ0v) is 12.4. The Morgan fingerprint density at radius 1 is 1.30 bits per heavy atom. The SMILES string of the molecule is Cc1cc(NCc2cc(C(=O)O)ccc2F)ccc1Br. The Hall–Kier alpha value is -1.88. The lowest BCUT2D eigenvalue weighted by molar-refractivity contribution is 0.0696. The van der Waals surface area contributed by atoms with E-state index in [-0.39, 0.29) is 12.1 Å². The van der Waals surface area contributed by atoms with Gasteiger partial charge in [-0.1, -0.05) is 15.9 Å². The van der Waals surface area contributed by atoms with Gasteiger partial charge < -0.3 is 10.4 Å². The molecular formula is C15H13BrFNO2. The molecule has 2 N–H and O–H groups in total. The van der Waals surface area contributed by atoms with E-state index >= 15 is 0 Å². The minimum Gasteiger partial charge on any atom is -0.478 e. The van der Waals surface area contributed by atoms with Gasteiger partial charge in [0.25, 0.3) is 0 Å². The van der Waals surface area contributed by atoms with Crippen molar-refractivity contribution in [3.05, 3.63) is 63.4 Å². The van der Waals surface area contributed by atoms with Gasteiger partial charge in [-0.05, 0) is 48.9 Å². The number of rotatable bonds is 4. The molecule has 104 valence electrons. The molecule has 0 aromatic heterocycles. The topological polar surface area (TPSA) is 49.3 Å². The van der Waals surface area contributed by atoms with Crippen LogP contribution in [0.25, 0.3) is 0 Å². The molecule has 0 aliphatic heterocycles. The van der Waals surface area contributed by atoms with Gasteiger partial charge in [-0.3, -0.25) is 0 Å². The first kappa shape index (κ1) is 14.5. The van der Waals surface area contributed by atoms with Crippen molar-refractivity contribution in [2.75, 3.05) is 5.32 Å². The van der Waals surface area contributed by atoms with Gasteiger partial charge in [0, 0.05) is 22.3 Å². The summed E-state index contributed by atoms with van der Waals surface area (Å²) >= 11 is 3.41. The molecule has 0 bridgehead atoms. The van der Waals surface area contributed by atoms with Gasteiger partial charge >= 0.3 is 5.97 Å². The lowest BCUT2D eigenvalue weighted by atomic mass is 10.1. The maximum absolute atomic E-state index is 13.6. The van der Waals surface area contributed by atoms with Crippen molar-refractivity contribution in [1.29, 1.82) is 0 Å². The number of anilines is 1. The van der Waals surface area contributed by atoms with Gasteiger partial charge in [0.1, 0.15) is 5.82 Å². The van der Waals surface area contributed by atoms with Crippen molar-refractivity contribution < 1.29 is 14.3 Å². The molecule has 3 nitrogen and oxygen atoms in total. The Labute approximate surface area is 124 Å². The number of hydrogen-bond donors (Lipinski definition) is 2. The maximum Gasteiger partial charge on any atom is 0.335 e. The number of aromatic carboxylic acids is 1. The zero-order valence-electron chi connectivity index (χ0n) is 10.8. The highest BCUT2D eigenvalue weighted by Crippen LogP contribution is 2.21. The van der Waals surface area contributed by atoms with E-state index in [1.165, 1.54) is 18.2 Å². The van der Waals surface area contributed by atoms with Gasteiger partial charge in [0.2, 0.25) is 0 Å². The minimum absolute atomic E-state index is 0.0789. The van der Waals surface area contributed by atoms with Crippen molar-refractivity contribution in [1.82, 2.24) is 0 Å². The van der Waals surface area contributed by atoms with Crippen LogP contribution in [0.1, 0.15) is 21.5 Å². The number of carboxylic acid groups (broad SMARTS) is 1. The third-order valence-electron chi connectivity index (χ3n) is 2.93. The summed E-state index contributed by atoms with van der Waals surface area (Å²) in [7, 11) is 0. The highest BCUT2D eigenvalue weighted by atomic mass is 79.9. The van der Waals surface area contributed by atoms with Crippen molar-refractivity contribution in [2.24, 2.45) is 0 Å². The monoisotopic (exact) mass is 337 g/mol.